The molecule has 2 heteroatoms. The van der Waals surface area contributed by atoms with Crippen LogP contribution in [0.3, 0.4) is 0 Å². The van der Waals surface area contributed by atoms with Gasteiger partial charge in [-0.1, -0.05) is 27.2 Å². The van der Waals surface area contributed by atoms with Gasteiger partial charge in [0.25, 0.3) is 0 Å². The second-order valence-corrected chi connectivity index (χ2v) is 4.31. The van der Waals surface area contributed by atoms with Gasteiger partial charge in [0.1, 0.15) is 0 Å². The molecule has 1 fully saturated rings. The lowest BCUT2D eigenvalue weighted by Crippen LogP contribution is -2.26. The van der Waals surface area contributed by atoms with Crippen molar-refractivity contribution < 1.29 is 9.84 Å². The van der Waals surface area contributed by atoms with Crippen LogP contribution in [0.5, 0.6) is 0 Å². The van der Waals surface area contributed by atoms with Crippen molar-refractivity contribution in [1.29, 1.82) is 0 Å². The largest absolute Gasteiger partial charge is 0.396 e. The van der Waals surface area contributed by atoms with Crippen LogP contribution in [0.2, 0.25) is 0 Å². The van der Waals surface area contributed by atoms with Gasteiger partial charge in [0.05, 0.1) is 6.10 Å². The van der Waals surface area contributed by atoms with Crippen molar-refractivity contribution >= 4 is 0 Å². The lowest BCUT2D eigenvalue weighted by molar-refractivity contribution is 0.0330. The molecule has 1 N–H and O–H groups in total. The molecular formula is C11H22O2. The predicted octanol–water partition coefficient (Wildman–Crippen LogP) is 2.07. The summed E-state index contributed by atoms with van der Waals surface area (Å²) in [5, 5.41) is 8.92. The van der Waals surface area contributed by atoms with Gasteiger partial charge in [0.2, 0.25) is 0 Å². The monoisotopic (exact) mass is 186 g/mol. The average molecular weight is 186 g/mol. The van der Waals surface area contributed by atoms with E-state index in [2.05, 4.69) is 20.8 Å². The summed E-state index contributed by atoms with van der Waals surface area (Å²) in [4.78, 5) is 0. The fourth-order valence-electron chi connectivity index (χ4n) is 2.22. The Hall–Kier alpha value is -0.0800. The zero-order chi connectivity index (χ0) is 9.84. The molecular weight excluding hydrogens is 164 g/mol. The molecule has 78 valence electrons. The third kappa shape index (κ3) is 2.44. The second kappa shape index (κ2) is 4.97. The summed E-state index contributed by atoms with van der Waals surface area (Å²) in [5.41, 5.74) is 0. The van der Waals surface area contributed by atoms with Crippen LogP contribution in [0.25, 0.3) is 0 Å². The Morgan fingerprint density at radius 2 is 2.15 bits per heavy atom. The second-order valence-electron chi connectivity index (χ2n) is 4.31. The minimum Gasteiger partial charge on any atom is -0.396 e. The van der Waals surface area contributed by atoms with Crippen LogP contribution < -0.4 is 0 Å². The highest BCUT2D eigenvalue weighted by molar-refractivity contribution is 4.83. The van der Waals surface area contributed by atoms with E-state index in [-0.39, 0.29) is 0 Å². The molecule has 0 aromatic carbocycles. The summed E-state index contributed by atoms with van der Waals surface area (Å²) in [6, 6.07) is 0. The summed E-state index contributed by atoms with van der Waals surface area (Å²) in [7, 11) is 0. The van der Waals surface area contributed by atoms with Crippen molar-refractivity contribution in [1.82, 2.24) is 0 Å². The Morgan fingerprint density at radius 1 is 1.46 bits per heavy atom. The van der Waals surface area contributed by atoms with E-state index in [1.54, 1.807) is 0 Å². The molecule has 2 nitrogen and oxygen atoms in total. The van der Waals surface area contributed by atoms with Gasteiger partial charge in [-0.05, 0) is 24.2 Å². The van der Waals surface area contributed by atoms with Crippen LogP contribution in [0, 0.1) is 17.8 Å². The smallest absolute Gasteiger partial charge is 0.0633 e. The van der Waals surface area contributed by atoms with Crippen LogP contribution in [0.1, 0.15) is 33.6 Å². The summed E-state index contributed by atoms with van der Waals surface area (Å²) < 4.78 is 5.77. The minimum absolute atomic E-state index is 0.291. The molecule has 1 aliphatic rings. The first-order chi connectivity index (χ1) is 6.20. The molecule has 1 heterocycles. The van der Waals surface area contributed by atoms with Gasteiger partial charge in [-0.15, -0.1) is 0 Å². The molecule has 13 heavy (non-hydrogen) atoms. The van der Waals surface area contributed by atoms with Crippen LogP contribution in [-0.4, -0.2) is 24.4 Å². The molecule has 0 spiro atoms. The highest BCUT2D eigenvalue weighted by atomic mass is 16.5. The van der Waals surface area contributed by atoms with E-state index >= 15 is 0 Å². The normalized spacial score (nSPS) is 36.5. The summed E-state index contributed by atoms with van der Waals surface area (Å²) in [6.45, 7) is 7.88. The van der Waals surface area contributed by atoms with Crippen molar-refractivity contribution in [2.45, 2.75) is 39.7 Å². The van der Waals surface area contributed by atoms with E-state index in [1.165, 1.54) is 0 Å². The van der Waals surface area contributed by atoms with Crippen molar-refractivity contribution in [2.75, 3.05) is 13.2 Å². The highest BCUT2D eigenvalue weighted by Crippen LogP contribution is 2.33. The molecule has 4 atom stereocenters. The first-order valence-corrected chi connectivity index (χ1v) is 5.43. The Balaban J connectivity index is 2.49. The van der Waals surface area contributed by atoms with E-state index in [0.717, 1.165) is 19.4 Å². The topological polar surface area (TPSA) is 29.5 Å². The van der Waals surface area contributed by atoms with Crippen molar-refractivity contribution in [2.24, 2.45) is 17.8 Å². The van der Waals surface area contributed by atoms with Gasteiger partial charge in [-0.2, -0.15) is 0 Å². The molecule has 0 radical (unpaired) electrons. The van der Waals surface area contributed by atoms with Gasteiger partial charge < -0.3 is 9.84 Å². The molecule has 1 aliphatic heterocycles. The zero-order valence-corrected chi connectivity index (χ0v) is 8.99. The van der Waals surface area contributed by atoms with Crippen molar-refractivity contribution in [3.05, 3.63) is 0 Å². The third-order valence-corrected chi connectivity index (χ3v) is 3.46. The third-order valence-electron chi connectivity index (χ3n) is 3.46. The van der Waals surface area contributed by atoms with E-state index in [0.29, 0.717) is 30.5 Å². The van der Waals surface area contributed by atoms with Crippen LogP contribution in [-0.2, 0) is 4.74 Å². The molecule has 0 aromatic heterocycles. The standard InChI is InChI=1S/C11H22O2/c1-4-10(5-6-12)11-9(3)8(2)7-13-11/h8-12H,4-7H2,1-3H3. The highest BCUT2D eigenvalue weighted by Gasteiger charge is 2.35. The predicted molar refractivity (Wildman–Crippen MR) is 53.6 cm³/mol. The molecule has 0 aliphatic carbocycles. The van der Waals surface area contributed by atoms with Gasteiger partial charge in [0.15, 0.2) is 0 Å². The average Bonchev–Trinajstić information content (AvgIpc) is 2.45. The lowest BCUT2D eigenvalue weighted by atomic mass is 9.84. The van der Waals surface area contributed by atoms with Crippen LogP contribution in [0.15, 0.2) is 0 Å². The van der Waals surface area contributed by atoms with E-state index in [4.69, 9.17) is 9.84 Å². The summed E-state index contributed by atoms with van der Waals surface area (Å²) in [5.74, 6) is 1.87. The number of hydrogen-bond acceptors (Lipinski definition) is 2. The number of aliphatic hydroxyl groups excluding tert-OH is 1. The van der Waals surface area contributed by atoms with Gasteiger partial charge in [0, 0.05) is 13.2 Å². The Kier molecular flexibility index (Phi) is 4.20. The Bertz CT molecular complexity index is 147. The maximum absolute atomic E-state index is 8.92. The number of hydrogen-bond donors (Lipinski definition) is 1. The molecule has 0 bridgehead atoms. The van der Waals surface area contributed by atoms with Crippen LogP contribution in [0.4, 0.5) is 0 Å². The quantitative estimate of drug-likeness (QED) is 0.728. The summed E-state index contributed by atoms with van der Waals surface area (Å²) >= 11 is 0. The zero-order valence-electron chi connectivity index (χ0n) is 8.99. The van der Waals surface area contributed by atoms with Gasteiger partial charge in [-0.25, -0.2) is 0 Å². The molecule has 1 saturated heterocycles. The fraction of sp³-hybridized carbons (Fsp3) is 1.00. The molecule has 1 rings (SSSR count). The van der Waals surface area contributed by atoms with Gasteiger partial charge >= 0.3 is 0 Å². The number of rotatable bonds is 4. The maximum atomic E-state index is 8.92. The summed E-state index contributed by atoms with van der Waals surface area (Å²) in [6.07, 6.45) is 2.38. The molecule has 4 unspecified atom stereocenters. The SMILES string of the molecule is CCC(CCO)C1OCC(C)C1C. The fourth-order valence-corrected chi connectivity index (χ4v) is 2.22. The Labute approximate surface area is 81.3 Å². The van der Waals surface area contributed by atoms with E-state index in [1.807, 2.05) is 0 Å². The minimum atomic E-state index is 0.291. The van der Waals surface area contributed by atoms with E-state index < -0.39 is 0 Å². The van der Waals surface area contributed by atoms with Crippen molar-refractivity contribution in [3.63, 3.8) is 0 Å². The van der Waals surface area contributed by atoms with E-state index in [9.17, 15) is 0 Å². The maximum Gasteiger partial charge on any atom is 0.0633 e. The first-order valence-electron chi connectivity index (χ1n) is 5.43. The lowest BCUT2D eigenvalue weighted by Gasteiger charge is -2.25. The first kappa shape index (κ1) is 11.0. The van der Waals surface area contributed by atoms with Crippen LogP contribution >= 0.6 is 0 Å². The number of aliphatic hydroxyl groups is 1. The molecule has 0 amide bonds. The molecule has 0 aromatic rings. The van der Waals surface area contributed by atoms with Crippen molar-refractivity contribution in [3.8, 4) is 0 Å². The van der Waals surface area contributed by atoms with Gasteiger partial charge in [-0.3, -0.25) is 0 Å². The number of ether oxygens (including phenoxy) is 1. The molecule has 0 saturated carbocycles. The Morgan fingerprint density at radius 3 is 2.54 bits per heavy atom.